The molecule has 1 N–H and O–H groups in total. The van der Waals surface area contributed by atoms with Crippen LogP contribution in [-0.2, 0) is 11.3 Å². The van der Waals surface area contributed by atoms with Crippen molar-refractivity contribution in [2.75, 3.05) is 19.5 Å². The standard InChI is InChI=1S/C30H28N2O5/c1-16-12-23(18(3)31-25-9-7-6-8-22(25)30(35)36-5)28-24(13-16)26(33)17(2)27(37-28)19-10-11-21-20(14-19)15-32(4)29(21)34/h6-14,18,31H,15H2,1-5H3. The third kappa shape index (κ3) is 4.16. The van der Waals surface area contributed by atoms with E-state index in [4.69, 9.17) is 9.15 Å². The molecule has 1 atom stereocenters. The lowest BCUT2D eigenvalue weighted by Gasteiger charge is -2.20. The first kappa shape index (κ1) is 24.3. The van der Waals surface area contributed by atoms with Crippen molar-refractivity contribution >= 4 is 28.5 Å². The molecule has 0 saturated heterocycles. The minimum absolute atomic E-state index is 0.0110. The normalized spacial score (nSPS) is 13.5. The van der Waals surface area contributed by atoms with Crippen LogP contribution in [-0.4, -0.2) is 30.9 Å². The average molecular weight is 497 g/mol. The van der Waals surface area contributed by atoms with Crippen molar-refractivity contribution in [3.05, 3.63) is 98.2 Å². The lowest BCUT2D eigenvalue weighted by atomic mass is 9.97. The molecule has 1 aliphatic rings. The average Bonchev–Trinajstić information content (AvgIpc) is 3.18. The molecule has 3 aromatic carbocycles. The van der Waals surface area contributed by atoms with Crippen molar-refractivity contribution in [1.82, 2.24) is 4.90 Å². The van der Waals surface area contributed by atoms with E-state index in [1.54, 1.807) is 37.1 Å². The fraction of sp³-hybridized carbons (Fsp3) is 0.233. The number of benzene rings is 3. The summed E-state index contributed by atoms with van der Waals surface area (Å²) in [6.45, 7) is 6.18. The number of nitrogens with zero attached hydrogens (tertiary/aromatic N) is 1. The summed E-state index contributed by atoms with van der Waals surface area (Å²) in [4.78, 5) is 39.8. The molecular formula is C30H28N2O5. The van der Waals surface area contributed by atoms with E-state index in [0.29, 0.717) is 45.7 Å². The van der Waals surface area contributed by atoms with Gasteiger partial charge in [0.05, 0.1) is 24.1 Å². The van der Waals surface area contributed by atoms with Crippen molar-refractivity contribution in [3.8, 4) is 11.3 Å². The molecule has 0 saturated carbocycles. The van der Waals surface area contributed by atoms with Gasteiger partial charge in [-0.1, -0.05) is 24.3 Å². The first-order chi connectivity index (χ1) is 17.7. The summed E-state index contributed by atoms with van der Waals surface area (Å²) in [6, 6.07) is 16.2. The van der Waals surface area contributed by atoms with Gasteiger partial charge in [-0.3, -0.25) is 9.59 Å². The van der Waals surface area contributed by atoms with E-state index in [0.717, 1.165) is 22.3 Å². The largest absolute Gasteiger partial charge is 0.465 e. The van der Waals surface area contributed by atoms with Crippen LogP contribution >= 0.6 is 0 Å². The Morgan fingerprint density at radius 2 is 1.84 bits per heavy atom. The molecule has 7 nitrogen and oxygen atoms in total. The zero-order valence-electron chi connectivity index (χ0n) is 21.5. The monoisotopic (exact) mass is 496 g/mol. The van der Waals surface area contributed by atoms with Crippen molar-refractivity contribution in [3.63, 3.8) is 0 Å². The zero-order valence-corrected chi connectivity index (χ0v) is 21.5. The number of fused-ring (bicyclic) bond motifs is 2. The molecule has 1 unspecified atom stereocenters. The predicted molar refractivity (Wildman–Crippen MR) is 143 cm³/mol. The van der Waals surface area contributed by atoms with Gasteiger partial charge in [-0.05, 0) is 62.2 Å². The highest BCUT2D eigenvalue weighted by atomic mass is 16.5. The van der Waals surface area contributed by atoms with Gasteiger partial charge in [0.2, 0.25) is 0 Å². The highest BCUT2D eigenvalue weighted by Crippen LogP contribution is 2.34. The molecule has 1 aliphatic heterocycles. The van der Waals surface area contributed by atoms with Gasteiger partial charge in [0, 0.05) is 41.5 Å². The van der Waals surface area contributed by atoms with Crippen LogP contribution in [0.1, 0.15) is 55.9 Å². The number of nitrogens with one attached hydrogen (secondary N) is 1. The second kappa shape index (κ2) is 9.24. The number of aryl methyl sites for hydroxylation is 1. The molecule has 0 bridgehead atoms. The number of hydrogen-bond acceptors (Lipinski definition) is 6. The predicted octanol–water partition coefficient (Wildman–Crippen LogP) is 5.62. The van der Waals surface area contributed by atoms with E-state index in [9.17, 15) is 14.4 Å². The summed E-state index contributed by atoms with van der Waals surface area (Å²) in [7, 11) is 3.12. The van der Waals surface area contributed by atoms with Gasteiger partial charge >= 0.3 is 5.97 Å². The van der Waals surface area contributed by atoms with E-state index in [-0.39, 0.29) is 17.4 Å². The highest BCUT2D eigenvalue weighted by Gasteiger charge is 2.26. The van der Waals surface area contributed by atoms with Crippen molar-refractivity contribution < 1.29 is 18.7 Å². The van der Waals surface area contributed by atoms with E-state index in [1.807, 2.05) is 50.2 Å². The number of amides is 1. The number of hydrogen-bond donors (Lipinski definition) is 1. The molecule has 188 valence electrons. The van der Waals surface area contributed by atoms with Crippen LogP contribution in [0.25, 0.3) is 22.3 Å². The number of rotatable bonds is 5. The van der Waals surface area contributed by atoms with Gasteiger partial charge in [0.25, 0.3) is 5.91 Å². The van der Waals surface area contributed by atoms with E-state index >= 15 is 0 Å². The molecule has 2 heterocycles. The lowest BCUT2D eigenvalue weighted by molar-refractivity contribution is 0.0601. The lowest BCUT2D eigenvalue weighted by Crippen LogP contribution is -2.17. The van der Waals surface area contributed by atoms with Gasteiger partial charge in [-0.2, -0.15) is 0 Å². The summed E-state index contributed by atoms with van der Waals surface area (Å²) >= 11 is 0. The van der Waals surface area contributed by atoms with Crippen molar-refractivity contribution in [2.45, 2.75) is 33.4 Å². The van der Waals surface area contributed by atoms with Crippen LogP contribution in [0.4, 0.5) is 5.69 Å². The molecule has 1 aromatic heterocycles. The van der Waals surface area contributed by atoms with Gasteiger partial charge in [-0.25, -0.2) is 4.79 Å². The Labute approximate surface area is 214 Å². The van der Waals surface area contributed by atoms with Crippen LogP contribution < -0.4 is 10.7 Å². The molecular weight excluding hydrogens is 468 g/mol. The molecule has 0 spiro atoms. The Kier molecular flexibility index (Phi) is 6.07. The maximum atomic E-state index is 13.5. The fourth-order valence-electron chi connectivity index (χ4n) is 4.98. The van der Waals surface area contributed by atoms with Crippen LogP contribution in [0.5, 0.6) is 0 Å². The fourth-order valence-corrected chi connectivity index (χ4v) is 4.98. The minimum Gasteiger partial charge on any atom is -0.465 e. The molecule has 4 aromatic rings. The second-order valence-electron chi connectivity index (χ2n) is 9.55. The Bertz CT molecular complexity index is 1640. The Morgan fingerprint density at radius 3 is 2.59 bits per heavy atom. The minimum atomic E-state index is -0.436. The summed E-state index contributed by atoms with van der Waals surface area (Å²) in [6.07, 6.45) is 0. The summed E-state index contributed by atoms with van der Waals surface area (Å²) < 4.78 is 11.4. The SMILES string of the molecule is COC(=O)c1ccccc1NC(C)c1cc(C)cc2c(=O)c(C)c(-c3ccc4c(c3)CN(C)C4=O)oc12. The summed E-state index contributed by atoms with van der Waals surface area (Å²) in [5.74, 6) is 0.0345. The van der Waals surface area contributed by atoms with Crippen LogP contribution in [0.2, 0.25) is 0 Å². The smallest absolute Gasteiger partial charge is 0.339 e. The summed E-state index contributed by atoms with van der Waals surface area (Å²) in [5.41, 5.74) is 6.00. The first-order valence-corrected chi connectivity index (χ1v) is 12.1. The number of carbonyl (C=O) groups is 2. The molecule has 0 fully saturated rings. The first-order valence-electron chi connectivity index (χ1n) is 12.1. The molecule has 5 rings (SSSR count). The molecule has 37 heavy (non-hydrogen) atoms. The van der Waals surface area contributed by atoms with Gasteiger partial charge in [0.15, 0.2) is 5.43 Å². The quantitative estimate of drug-likeness (QED) is 0.361. The molecule has 7 heteroatoms. The maximum absolute atomic E-state index is 13.5. The highest BCUT2D eigenvalue weighted by molar-refractivity contribution is 5.99. The number of para-hydroxylation sites is 1. The van der Waals surface area contributed by atoms with Crippen LogP contribution in [0, 0.1) is 13.8 Å². The number of carbonyl (C=O) groups excluding carboxylic acids is 2. The van der Waals surface area contributed by atoms with Gasteiger partial charge < -0.3 is 19.4 Å². The second-order valence-corrected chi connectivity index (χ2v) is 9.55. The number of anilines is 1. The van der Waals surface area contributed by atoms with Crippen molar-refractivity contribution in [1.29, 1.82) is 0 Å². The van der Waals surface area contributed by atoms with Crippen LogP contribution in [0.15, 0.2) is 63.8 Å². The van der Waals surface area contributed by atoms with Gasteiger partial charge in [-0.15, -0.1) is 0 Å². The number of esters is 1. The number of ether oxygens (including phenoxy) is 1. The molecule has 1 amide bonds. The van der Waals surface area contributed by atoms with E-state index < -0.39 is 5.97 Å². The van der Waals surface area contributed by atoms with Gasteiger partial charge in [0.1, 0.15) is 11.3 Å². The Morgan fingerprint density at radius 1 is 1.08 bits per heavy atom. The maximum Gasteiger partial charge on any atom is 0.339 e. The molecule has 0 radical (unpaired) electrons. The Hall–Kier alpha value is -4.39. The Balaban J connectivity index is 1.64. The zero-order chi connectivity index (χ0) is 26.4. The van der Waals surface area contributed by atoms with E-state index in [2.05, 4.69) is 5.32 Å². The van der Waals surface area contributed by atoms with E-state index in [1.165, 1.54) is 7.11 Å². The summed E-state index contributed by atoms with van der Waals surface area (Å²) in [5, 5.41) is 3.89. The van der Waals surface area contributed by atoms with Crippen molar-refractivity contribution in [2.24, 2.45) is 0 Å². The van der Waals surface area contributed by atoms with Crippen LogP contribution in [0.3, 0.4) is 0 Å². The topological polar surface area (TPSA) is 88.9 Å². The third-order valence-electron chi connectivity index (χ3n) is 6.91. The number of methoxy groups -OCH3 is 1. The molecule has 0 aliphatic carbocycles. The third-order valence-corrected chi connectivity index (χ3v) is 6.91.